The first-order chi connectivity index (χ1) is 31.4. The number of carboxylic acids is 1. The average molecular weight is 900 g/mol. The summed E-state index contributed by atoms with van der Waals surface area (Å²) < 4.78 is 0. The highest BCUT2D eigenvalue weighted by atomic mass is 16.4. The van der Waals surface area contributed by atoms with E-state index in [2.05, 4.69) is 36.6 Å². The van der Waals surface area contributed by atoms with Gasteiger partial charge in [-0.1, -0.05) is 80.6 Å². The number of aromatic amines is 1. The van der Waals surface area contributed by atoms with Gasteiger partial charge >= 0.3 is 5.97 Å². The van der Waals surface area contributed by atoms with Crippen molar-refractivity contribution in [2.24, 2.45) is 28.1 Å². The van der Waals surface area contributed by atoms with Crippen LogP contribution in [0.25, 0.3) is 10.9 Å². The van der Waals surface area contributed by atoms with Crippen LogP contribution in [0.4, 0.5) is 0 Å². The maximum atomic E-state index is 14.6. The van der Waals surface area contributed by atoms with E-state index >= 15 is 0 Å². The number of carbonyl (C=O) groups excluding carboxylic acids is 5. The van der Waals surface area contributed by atoms with E-state index in [1.54, 1.807) is 13.2 Å². The predicted molar refractivity (Wildman–Crippen MR) is 249 cm³/mol. The summed E-state index contributed by atoms with van der Waals surface area (Å²) in [4.78, 5) is 92.1. The number of aliphatic carboxylic acids is 1. The van der Waals surface area contributed by atoms with Gasteiger partial charge in [-0.15, -0.1) is 0 Å². The number of likely N-dealkylation sites (N-methyl/N-ethyl adjacent to an activating group) is 1. The number of hydrogen-bond donors (Lipinski definition) is 10. The lowest BCUT2D eigenvalue weighted by Crippen LogP contribution is -2.59. The molecule has 1 saturated carbocycles. The molecular formula is C47H69N11O7. The van der Waals surface area contributed by atoms with Crippen molar-refractivity contribution < 1.29 is 33.9 Å². The third kappa shape index (κ3) is 15.0. The molecular weight excluding hydrogens is 831 g/mol. The van der Waals surface area contributed by atoms with Crippen molar-refractivity contribution in [3.8, 4) is 0 Å². The fourth-order valence-electron chi connectivity index (χ4n) is 8.99. The number of aliphatic imine (C=N–C) groups is 1. The Morgan fingerprint density at radius 1 is 0.754 bits per heavy atom. The molecule has 5 rings (SSSR count). The van der Waals surface area contributed by atoms with Crippen LogP contribution in [0.2, 0.25) is 0 Å². The number of hydrogen-bond acceptors (Lipinski definition) is 9. The lowest BCUT2D eigenvalue weighted by Gasteiger charge is -2.32. The highest BCUT2D eigenvalue weighted by Gasteiger charge is 2.40. The Hall–Kier alpha value is -6.01. The van der Waals surface area contributed by atoms with Crippen molar-refractivity contribution in [3.63, 3.8) is 0 Å². The number of unbranched alkanes of at least 4 members (excludes halogenated alkanes) is 1. The van der Waals surface area contributed by atoms with Crippen LogP contribution in [0.5, 0.6) is 0 Å². The van der Waals surface area contributed by atoms with Gasteiger partial charge in [0.05, 0.1) is 6.04 Å². The van der Waals surface area contributed by atoms with E-state index in [0.29, 0.717) is 58.0 Å². The second kappa shape index (κ2) is 25.5. The molecule has 0 spiro atoms. The number of carbonyl (C=O) groups is 6. The van der Waals surface area contributed by atoms with Crippen molar-refractivity contribution in [2.45, 2.75) is 133 Å². The number of amides is 5. The van der Waals surface area contributed by atoms with E-state index in [0.717, 1.165) is 54.1 Å². The van der Waals surface area contributed by atoms with Gasteiger partial charge in [0.1, 0.15) is 30.2 Å². The molecule has 2 fully saturated rings. The van der Waals surface area contributed by atoms with Gasteiger partial charge in [0.15, 0.2) is 5.96 Å². The number of guanidine groups is 1. The number of para-hydroxylation sites is 1. The van der Waals surface area contributed by atoms with Crippen LogP contribution >= 0.6 is 0 Å². The average Bonchev–Trinajstić information content (AvgIpc) is 3.97. The lowest BCUT2D eigenvalue weighted by molar-refractivity contribution is -0.143. The quantitative estimate of drug-likeness (QED) is 0.0332. The van der Waals surface area contributed by atoms with Crippen molar-refractivity contribution in [1.82, 2.24) is 36.5 Å². The fourth-order valence-corrected chi connectivity index (χ4v) is 8.99. The number of likely N-dealkylation sites (tertiary alicyclic amines) is 1. The lowest BCUT2D eigenvalue weighted by atomic mass is 9.84. The molecule has 5 amide bonds. The number of nitrogens with one attached hydrogen (secondary N) is 6. The maximum Gasteiger partial charge on any atom is 0.326 e. The first-order valence-corrected chi connectivity index (χ1v) is 23.1. The van der Waals surface area contributed by atoms with Gasteiger partial charge in [0.2, 0.25) is 29.5 Å². The van der Waals surface area contributed by atoms with Gasteiger partial charge < -0.3 is 58.8 Å². The minimum Gasteiger partial charge on any atom is -0.480 e. The first-order valence-electron chi connectivity index (χ1n) is 23.1. The predicted octanol–water partition coefficient (Wildman–Crippen LogP) is 1.71. The number of nitrogens with two attached hydrogens (primary N) is 3. The second-order valence-electron chi connectivity index (χ2n) is 17.3. The summed E-state index contributed by atoms with van der Waals surface area (Å²) in [6, 6.07) is 11.1. The smallest absolute Gasteiger partial charge is 0.326 e. The molecule has 2 aliphatic rings. The zero-order valence-corrected chi connectivity index (χ0v) is 37.6. The zero-order valence-electron chi connectivity index (χ0n) is 37.6. The molecule has 1 saturated heterocycles. The highest BCUT2D eigenvalue weighted by Crippen LogP contribution is 2.28. The molecule has 13 N–H and O–H groups in total. The summed E-state index contributed by atoms with van der Waals surface area (Å²) in [5.74, 6) is -3.77. The molecule has 1 aliphatic carbocycles. The Kier molecular flexibility index (Phi) is 19.6. The van der Waals surface area contributed by atoms with E-state index in [1.807, 2.05) is 54.6 Å². The van der Waals surface area contributed by atoms with Crippen LogP contribution in [0.3, 0.4) is 0 Å². The summed E-state index contributed by atoms with van der Waals surface area (Å²) in [5, 5.41) is 25.4. The summed E-state index contributed by atoms with van der Waals surface area (Å²) in [6.07, 6.45) is 10.1. The van der Waals surface area contributed by atoms with E-state index in [-0.39, 0.29) is 49.5 Å². The molecule has 1 aromatic heterocycles. The molecule has 2 aromatic carbocycles. The maximum absolute atomic E-state index is 14.6. The fraction of sp³-hybridized carbons (Fsp3) is 0.553. The number of benzene rings is 2. The number of aromatic nitrogens is 1. The Morgan fingerprint density at radius 3 is 2.12 bits per heavy atom. The number of nitrogens with zero attached hydrogens (tertiary/aromatic N) is 2. The van der Waals surface area contributed by atoms with Crippen molar-refractivity contribution in [2.75, 3.05) is 26.7 Å². The Balaban J connectivity index is 1.35. The molecule has 18 nitrogen and oxygen atoms in total. The summed E-state index contributed by atoms with van der Waals surface area (Å²) in [6.45, 7) is 0.883. The molecule has 1 aliphatic heterocycles. The molecule has 0 unspecified atom stereocenters. The summed E-state index contributed by atoms with van der Waals surface area (Å²) in [7, 11) is 1.70. The third-order valence-electron chi connectivity index (χ3n) is 12.6. The number of carboxylic acid groups (broad SMARTS) is 1. The topological polar surface area (TPSA) is 292 Å². The Labute approximate surface area is 381 Å². The number of fused-ring (bicyclic) bond motifs is 1. The second-order valence-corrected chi connectivity index (χ2v) is 17.3. The van der Waals surface area contributed by atoms with E-state index < -0.39 is 59.9 Å². The van der Waals surface area contributed by atoms with Crippen molar-refractivity contribution in [3.05, 3.63) is 71.9 Å². The molecule has 18 heteroatoms. The van der Waals surface area contributed by atoms with Gasteiger partial charge in [-0.3, -0.25) is 29.0 Å². The summed E-state index contributed by atoms with van der Waals surface area (Å²) in [5.41, 5.74) is 19.2. The Morgan fingerprint density at radius 2 is 1.42 bits per heavy atom. The van der Waals surface area contributed by atoms with Crippen LogP contribution in [-0.2, 0) is 41.6 Å². The van der Waals surface area contributed by atoms with Gasteiger partial charge in [-0.05, 0) is 94.5 Å². The minimum atomic E-state index is -1.29. The van der Waals surface area contributed by atoms with Crippen LogP contribution in [0.15, 0.2) is 65.8 Å². The molecule has 0 radical (unpaired) electrons. The highest BCUT2D eigenvalue weighted by molar-refractivity contribution is 5.97. The van der Waals surface area contributed by atoms with E-state index in [4.69, 9.17) is 17.2 Å². The molecule has 3 aromatic rings. The van der Waals surface area contributed by atoms with E-state index in [9.17, 15) is 33.9 Å². The molecule has 0 bridgehead atoms. The number of H-pyrrole nitrogens is 1. The van der Waals surface area contributed by atoms with Gasteiger partial charge in [-0.2, -0.15) is 0 Å². The third-order valence-corrected chi connectivity index (χ3v) is 12.6. The summed E-state index contributed by atoms with van der Waals surface area (Å²) >= 11 is 0. The SMILES string of the molecule is CN[C@@H](Cc1ccccc1)C(=O)N[C@@H](CCCCN)C(=O)N1CCC[C@@H]1C(=O)N[C@H](CC1CCCCC1)C(=O)N[C@@H](Cc1c[nH]c2ccccc12)C(=O)N[C@H](CCCN=C(N)N)C(=O)O. The molecule has 6 atom stereocenters. The molecule has 354 valence electrons. The standard InChI is InChI=1S/C47H69N11O7/c1-51-37(26-30-14-4-2-5-15-30)41(59)54-35(20-10-11-23-48)45(63)58-25-13-22-40(58)44(62)57-38(27-31-16-6-3-7-17-31)42(60)56-39(28-32-29-53-34-19-9-8-18-33(32)34)43(61)55-36(46(64)65)21-12-24-52-47(49)50/h2,4-5,8-9,14-15,18-19,29,31,35-40,51,53H,3,6-7,10-13,16-17,20-28,48H2,1H3,(H,54,59)(H,55,61)(H,56,60)(H,57,62)(H,64,65)(H4,49,50,52)/t35-,36+,37-,38+,39-,40+/m0/s1. The van der Waals surface area contributed by atoms with Gasteiger partial charge in [-0.25, -0.2) is 4.79 Å². The van der Waals surface area contributed by atoms with E-state index in [1.165, 1.54) is 4.90 Å². The normalized spacial score (nSPS) is 17.6. The number of rotatable bonds is 25. The largest absolute Gasteiger partial charge is 0.480 e. The van der Waals surface area contributed by atoms with Crippen LogP contribution in [0, 0.1) is 5.92 Å². The monoisotopic (exact) mass is 900 g/mol. The van der Waals surface area contributed by atoms with Gasteiger partial charge in [0.25, 0.3) is 0 Å². The van der Waals surface area contributed by atoms with Crippen LogP contribution in [0.1, 0.15) is 94.6 Å². The van der Waals surface area contributed by atoms with Crippen molar-refractivity contribution >= 4 is 52.4 Å². The molecule has 65 heavy (non-hydrogen) atoms. The van der Waals surface area contributed by atoms with Crippen LogP contribution < -0.4 is 43.8 Å². The minimum absolute atomic E-state index is 0.0218. The van der Waals surface area contributed by atoms with Crippen LogP contribution in [-0.4, -0.2) is 119 Å². The van der Waals surface area contributed by atoms with Crippen molar-refractivity contribution in [1.29, 1.82) is 0 Å². The first kappa shape index (κ1) is 50.0. The molecule has 2 heterocycles. The van der Waals surface area contributed by atoms with Gasteiger partial charge in [0, 0.05) is 36.6 Å². The zero-order chi connectivity index (χ0) is 46.7. The Bertz CT molecular complexity index is 2070.